The number of rotatable bonds is 4. The van der Waals surface area contributed by atoms with Crippen LogP contribution in [0, 0.1) is 11.8 Å². The van der Waals surface area contributed by atoms with Gasteiger partial charge in [-0.05, 0) is 43.2 Å². The predicted octanol–water partition coefficient (Wildman–Crippen LogP) is 2.10. The molecule has 0 saturated carbocycles. The van der Waals surface area contributed by atoms with Gasteiger partial charge < -0.3 is 5.32 Å². The van der Waals surface area contributed by atoms with Crippen molar-refractivity contribution in [3.8, 4) is 0 Å². The van der Waals surface area contributed by atoms with Crippen molar-refractivity contribution in [1.29, 1.82) is 0 Å². The van der Waals surface area contributed by atoms with Crippen LogP contribution in [-0.2, 0) is 10.2 Å². The van der Waals surface area contributed by atoms with E-state index < -0.39 is 10.2 Å². The molecule has 144 valence electrons. The molecule has 2 heterocycles. The second-order valence-electron chi connectivity index (χ2n) is 7.78. The second-order valence-corrected chi connectivity index (χ2v) is 9.71. The van der Waals surface area contributed by atoms with E-state index in [1.54, 1.807) is 20.7 Å². The maximum Gasteiger partial charge on any atom is 0.281 e. The fourth-order valence-corrected chi connectivity index (χ4v) is 5.93. The van der Waals surface area contributed by atoms with Crippen LogP contribution in [0.3, 0.4) is 0 Å². The summed E-state index contributed by atoms with van der Waals surface area (Å²) in [5.41, 5.74) is 0.638. The first-order chi connectivity index (χ1) is 12.4. The molecule has 2 atom stereocenters. The zero-order valence-electron chi connectivity index (χ0n) is 15.6. The molecule has 2 aliphatic heterocycles. The third-order valence-electron chi connectivity index (χ3n) is 5.31. The Morgan fingerprint density at radius 2 is 1.58 bits per heavy atom. The van der Waals surface area contributed by atoms with Crippen molar-refractivity contribution in [3.63, 3.8) is 0 Å². The van der Waals surface area contributed by atoms with Gasteiger partial charge in [0.05, 0.1) is 0 Å². The standard InChI is InChI=1S/C19H29N3O3S/c1-15-12-16(2)14-22(13-15)26(24,25)21-10-8-18(9-11-21)20-19(23)17-6-4-3-5-7-17/h3-7,15-16,18H,8-14H2,1-2H3,(H,20,23). The average molecular weight is 380 g/mol. The summed E-state index contributed by atoms with van der Waals surface area (Å²) >= 11 is 0. The van der Waals surface area contributed by atoms with E-state index in [0.29, 0.717) is 56.4 Å². The highest BCUT2D eigenvalue weighted by Gasteiger charge is 2.36. The average Bonchev–Trinajstić information content (AvgIpc) is 2.62. The van der Waals surface area contributed by atoms with Gasteiger partial charge in [-0.15, -0.1) is 0 Å². The first-order valence-corrected chi connectivity index (χ1v) is 10.9. The van der Waals surface area contributed by atoms with E-state index in [2.05, 4.69) is 19.2 Å². The second kappa shape index (κ2) is 8.06. The largest absolute Gasteiger partial charge is 0.349 e. The van der Waals surface area contributed by atoms with Gasteiger partial charge in [-0.25, -0.2) is 0 Å². The van der Waals surface area contributed by atoms with Crippen molar-refractivity contribution >= 4 is 16.1 Å². The number of nitrogens with zero attached hydrogens (tertiary/aromatic N) is 2. The van der Waals surface area contributed by atoms with Gasteiger partial charge in [-0.3, -0.25) is 4.79 Å². The quantitative estimate of drug-likeness (QED) is 0.871. The van der Waals surface area contributed by atoms with Crippen molar-refractivity contribution in [2.75, 3.05) is 26.2 Å². The molecule has 2 saturated heterocycles. The highest BCUT2D eigenvalue weighted by Crippen LogP contribution is 2.26. The lowest BCUT2D eigenvalue weighted by Gasteiger charge is -2.39. The number of piperidine rings is 2. The van der Waals surface area contributed by atoms with Gasteiger partial charge >= 0.3 is 0 Å². The summed E-state index contributed by atoms with van der Waals surface area (Å²) in [6, 6.07) is 9.15. The lowest BCUT2D eigenvalue weighted by Crippen LogP contribution is -2.53. The first kappa shape index (κ1) is 19.3. The van der Waals surface area contributed by atoms with Crippen LogP contribution < -0.4 is 5.32 Å². The molecule has 2 aliphatic rings. The van der Waals surface area contributed by atoms with Gasteiger partial charge in [0, 0.05) is 37.8 Å². The number of carbonyl (C=O) groups is 1. The number of amides is 1. The first-order valence-electron chi connectivity index (χ1n) is 9.47. The summed E-state index contributed by atoms with van der Waals surface area (Å²) in [4.78, 5) is 12.3. The van der Waals surface area contributed by atoms with Crippen LogP contribution in [-0.4, -0.2) is 55.2 Å². The van der Waals surface area contributed by atoms with Gasteiger partial charge in [0.2, 0.25) is 0 Å². The SMILES string of the molecule is CC1CC(C)CN(S(=O)(=O)N2CCC(NC(=O)c3ccccc3)CC2)C1. The van der Waals surface area contributed by atoms with Crippen LogP contribution in [0.4, 0.5) is 0 Å². The van der Waals surface area contributed by atoms with Gasteiger partial charge in [-0.2, -0.15) is 17.0 Å². The summed E-state index contributed by atoms with van der Waals surface area (Å²) in [6.45, 7) is 6.37. The minimum Gasteiger partial charge on any atom is -0.349 e. The third kappa shape index (κ3) is 4.45. The van der Waals surface area contributed by atoms with Crippen LogP contribution >= 0.6 is 0 Å². The van der Waals surface area contributed by atoms with Crippen molar-refractivity contribution in [2.24, 2.45) is 11.8 Å². The molecule has 0 radical (unpaired) electrons. The summed E-state index contributed by atoms with van der Waals surface area (Å²) in [5.74, 6) is 0.707. The molecule has 7 heteroatoms. The molecule has 0 aromatic heterocycles. The van der Waals surface area contributed by atoms with Gasteiger partial charge in [0.25, 0.3) is 16.1 Å². The smallest absolute Gasteiger partial charge is 0.281 e. The van der Waals surface area contributed by atoms with Crippen LogP contribution in [0.5, 0.6) is 0 Å². The highest BCUT2D eigenvalue weighted by atomic mass is 32.2. The fraction of sp³-hybridized carbons (Fsp3) is 0.632. The predicted molar refractivity (Wildman–Crippen MR) is 102 cm³/mol. The Labute approximate surface area is 156 Å². The van der Waals surface area contributed by atoms with Crippen molar-refractivity contribution in [2.45, 2.75) is 39.2 Å². The van der Waals surface area contributed by atoms with E-state index in [-0.39, 0.29) is 11.9 Å². The molecule has 2 fully saturated rings. The van der Waals surface area contributed by atoms with E-state index in [9.17, 15) is 13.2 Å². The molecule has 1 aromatic carbocycles. The zero-order valence-corrected chi connectivity index (χ0v) is 16.4. The van der Waals surface area contributed by atoms with Gasteiger partial charge in [0.1, 0.15) is 0 Å². The number of hydrogen-bond donors (Lipinski definition) is 1. The van der Waals surface area contributed by atoms with E-state index in [4.69, 9.17) is 0 Å². The summed E-state index contributed by atoms with van der Waals surface area (Å²) in [5, 5.41) is 3.03. The molecule has 0 spiro atoms. The van der Waals surface area contributed by atoms with Crippen LogP contribution in [0.1, 0.15) is 43.5 Å². The van der Waals surface area contributed by atoms with Crippen LogP contribution in [0.25, 0.3) is 0 Å². The topological polar surface area (TPSA) is 69.7 Å². The minimum absolute atomic E-state index is 0.0216. The normalized spacial score (nSPS) is 26.5. The number of hydrogen-bond acceptors (Lipinski definition) is 3. The van der Waals surface area contributed by atoms with E-state index >= 15 is 0 Å². The Morgan fingerprint density at radius 3 is 2.15 bits per heavy atom. The van der Waals surface area contributed by atoms with Gasteiger partial charge in [-0.1, -0.05) is 32.0 Å². The maximum absolute atomic E-state index is 12.9. The molecule has 6 nitrogen and oxygen atoms in total. The lowest BCUT2D eigenvalue weighted by molar-refractivity contribution is 0.0922. The molecule has 3 rings (SSSR count). The Kier molecular flexibility index (Phi) is 5.99. The van der Waals surface area contributed by atoms with Gasteiger partial charge in [0.15, 0.2) is 0 Å². The van der Waals surface area contributed by atoms with E-state index in [1.165, 1.54) is 0 Å². The molecule has 1 aromatic rings. The Morgan fingerprint density at radius 1 is 1.00 bits per heavy atom. The Hall–Kier alpha value is -1.44. The Balaban J connectivity index is 1.55. The molecule has 26 heavy (non-hydrogen) atoms. The van der Waals surface area contributed by atoms with Crippen molar-refractivity contribution < 1.29 is 13.2 Å². The molecule has 0 aliphatic carbocycles. The van der Waals surface area contributed by atoms with Crippen molar-refractivity contribution in [3.05, 3.63) is 35.9 Å². The van der Waals surface area contributed by atoms with E-state index in [0.717, 1.165) is 6.42 Å². The van der Waals surface area contributed by atoms with E-state index in [1.807, 2.05) is 18.2 Å². The fourth-order valence-electron chi connectivity index (χ4n) is 4.05. The highest BCUT2D eigenvalue weighted by molar-refractivity contribution is 7.86. The molecule has 2 unspecified atom stereocenters. The summed E-state index contributed by atoms with van der Waals surface area (Å²) in [6.07, 6.45) is 2.38. The monoisotopic (exact) mass is 379 g/mol. The molecule has 1 amide bonds. The maximum atomic E-state index is 12.9. The number of nitrogens with one attached hydrogen (secondary N) is 1. The van der Waals surface area contributed by atoms with Crippen LogP contribution in [0.15, 0.2) is 30.3 Å². The molecular formula is C19H29N3O3S. The minimum atomic E-state index is -3.40. The molecule has 0 bridgehead atoms. The zero-order chi connectivity index (χ0) is 18.7. The number of carbonyl (C=O) groups excluding carboxylic acids is 1. The third-order valence-corrected chi connectivity index (χ3v) is 7.28. The summed E-state index contributed by atoms with van der Waals surface area (Å²) < 4.78 is 29.1. The summed E-state index contributed by atoms with van der Waals surface area (Å²) in [7, 11) is -3.40. The van der Waals surface area contributed by atoms with Crippen LogP contribution in [0.2, 0.25) is 0 Å². The lowest BCUT2D eigenvalue weighted by atomic mass is 9.94. The number of benzene rings is 1. The van der Waals surface area contributed by atoms with Crippen molar-refractivity contribution in [1.82, 2.24) is 13.9 Å². The molecule has 1 N–H and O–H groups in total. The molecular weight excluding hydrogens is 350 g/mol. The Bertz CT molecular complexity index is 705.